The lowest BCUT2D eigenvalue weighted by Crippen LogP contribution is -2.25. The number of rotatable bonds is 4. The van der Waals surface area contributed by atoms with E-state index in [9.17, 15) is 0 Å². The zero-order chi connectivity index (χ0) is 11.5. The summed E-state index contributed by atoms with van der Waals surface area (Å²) in [5.74, 6) is 1.72. The van der Waals surface area contributed by atoms with Crippen LogP contribution in [0.25, 0.3) is 11.6 Å². The summed E-state index contributed by atoms with van der Waals surface area (Å²) >= 11 is 0. The predicted molar refractivity (Wildman–Crippen MR) is 58.5 cm³/mol. The maximum absolute atomic E-state index is 5.15. The maximum Gasteiger partial charge on any atom is 0.241 e. The monoisotopic (exact) mass is 221 g/mol. The summed E-state index contributed by atoms with van der Waals surface area (Å²) < 4.78 is 5.15. The first-order valence-corrected chi connectivity index (χ1v) is 5.19. The second-order valence-electron chi connectivity index (χ2n) is 3.96. The van der Waals surface area contributed by atoms with Gasteiger partial charge in [0.1, 0.15) is 0 Å². The van der Waals surface area contributed by atoms with Gasteiger partial charge in [-0.3, -0.25) is 4.90 Å². The smallest absolute Gasteiger partial charge is 0.241 e. The molecule has 2 heterocycles. The molecule has 0 unspecified atom stereocenters. The van der Waals surface area contributed by atoms with Crippen LogP contribution in [0, 0.1) is 0 Å². The molecule has 0 aliphatic rings. The van der Waals surface area contributed by atoms with E-state index in [4.69, 9.17) is 4.52 Å². The average Bonchev–Trinajstić information content (AvgIpc) is 2.85. The van der Waals surface area contributed by atoms with Crippen LogP contribution in [0.3, 0.4) is 0 Å². The van der Waals surface area contributed by atoms with Crippen molar-refractivity contribution < 1.29 is 4.52 Å². The minimum atomic E-state index is 0.443. The highest BCUT2D eigenvalue weighted by Gasteiger charge is 2.13. The zero-order valence-electron chi connectivity index (χ0n) is 9.64. The standard InChI is InChI=1S/C10H15N5O/c1-7(2)15(3)6-8-13-10(14-16-8)9-11-4-5-12-9/h4-5,7H,6H2,1-3H3,(H,11,12). The Morgan fingerprint density at radius 3 is 2.94 bits per heavy atom. The number of hydrogen-bond acceptors (Lipinski definition) is 5. The van der Waals surface area contributed by atoms with Gasteiger partial charge in [-0.25, -0.2) is 4.98 Å². The molecular formula is C10H15N5O. The molecule has 1 N–H and O–H groups in total. The Labute approximate surface area is 93.7 Å². The molecule has 2 rings (SSSR count). The van der Waals surface area contributed by atoms with Crippen LogP contribution in [0.2, 0.25) is 0 Å². The molecule has 86 valence electrons. The van der Waals surface area contributed by atoms with E-state index >= 15 is 0 Å². The molecule has 2 aromatic heterocycles. The quantitative estimate of drug-likeness (QED) is 0.842. The van der Waals surface area contributed by atoms with Crippen LogP contribution in [0.4, 0.5) is 0 Å². The summed E-state index contributed by atoms with van der Waals surface area (Å²) in [5, 5.41) is 3.86. The molecule has 0 spiro atoms. The lowest BCUT2D eigenvalue weighted by molar-refractivity contribution is 0.226. The molecule has 6 nitrogen and oxygen atoms in total. The molecule has 0 aliphatic carbocycles. The Morgan fingerprint density at radius 2 is 2.31 bits per heavy atom. The van der Waals surface area contributed by atoms with Crippen LogP contribution in [-0.4, -0.2) is 38.1 Å². The zero-order valence-corrected chi connectivity index (χ0v) is 9.64. The fraction of sp³-hybridized carbons (Fsp3) is 0.500. The van der Waals surface area contributed by atoms with Crippen molar-refractivity contribution in [2.24, 2.45) is 0 Å². The van der Waals surface area contributed by atoms with Gasteiger partial charge in [-0.15, -0.1) is 0 Å². The third-order valence-corrected chi connectivity index (χ3v) is 2.44. The van der Waals surface area contributed by atoms with Crippen molar-refractivity contribution in [3.63, 3.8) is 0 Å². The van der Waals surface area contributed by atoms with Gasteiger partial charge >= 0.3 is 0 Å². The second-order valence-corrected chi connectivity index (χ2v) is 3.96. The van der Waals surface area contributed by atoms with E-state index in [0.717, 1.165) is 0 Å². The van der Waals surface area contributed by atoms with Crippen molar-refractivity contribution in [2.75, 3.05) is 7.05 Å². The molecule has 0 bridgehead atoms. The van der Waals surface area contributed by atoms with Gasteiger partial charge in [-0.1, -0.05) is 5.16 Å². The minimum absolute atomic E-state index is 0.443. The van der Waals surface area contributed by atoms with Gasteiger partial charge in [0.2, 0.25) is 11.7 Å². The lowest BCUT2D eigenvalue weighted by atomic mass is 10.3. The SMILES string of the molecule is CC(C)N(C)Cc1nc(-c2ncc[nH]2)no1. The lowest BCUT2D eigenvalue weighted by Gasteiger charge is -2.17. The highest BCUT2D eigenvalue weighted by Crippen LogP contribution is 2.11. The van der Waals surface area contributed by atoms with Gasteiger partial charge in [0, 0.05) is 18.4 Å². The van der Waals surface area contributed by atoms with Gasteiger partial charge in [0.05, 0.1) is 6.54 Å². The summed E-state index contributed by atoms with van der Waals surface area (Å²) in [6, 6.07) is 0.443. The Hall–Kier alpha value is -1.69. The topological polar surface area (TPSA) is 70.8 Å². The number of hydrogen-bond donors (Lipinski definition) is 1. The van der Waals surface area contributed by atoms with Crippen LogP contribution in [0.1, 0.15) is 19.7 Å². The van der Waals surface area contributed by atoms with Crippen LogP contribution >= 0.6 is 0 Å². The first-order chi connectivity index (χ1) is 7.66. The molecule has 0 saturated carbocycles. The van der Waals surface area contributed by atoms with Crippen LogP contribution in [0.15, 0.2) is 16.9 Å². The molecule has 16 heavy (non-hydrogen) atoms. The molecule has 2 aromatic rings. The summed E-state index contributed by atoms with van der Waals surface area (Å²) in [5.41, 5.74) is 0. The molecule has 0 radical (unpaired) electrons. The van der Waals surface area contributed by atoms with E-state index in [0.29, 0.717) is 30.1 Å². The van der Waals surface area contributed by atoms with Crippen molar-refractivity contribution in [2.45, 2.75) is 26.4 Å². The fourth-order valence-corrected chi connectivity index (χ4v) is 1.20. The van der Waals surface area contributed by atoms with E-state index < -0.39 is 0 Å². The van der Waals surface area contributed by atoms with Crippen LogP contribution < -0.4 is 0 Å². The Morgan fingerprint density at radius 1 is 1.50 bits per heavy atom. The van der Waals surface area contributed by atoms with Crippen molar-refractivity contribution >= 4 is 0 Å². The van der Waals surface area contributed by atoms with Gasteiger partial charge in [-0.2, -0.15) is 4.98 Å². The van der Waals surface area contributed by atoms with Gasteiger partial charge in [-0.05, 0) is 20.9 Å². The number of aromatic amines is 1. The summed E-state index contributed by atoms with van der Waals surface area (Å²) in [4.78, 5) is 13.4. The highest BCUT2D eigenvalue weighted by molar-refractivity contribution is 5.40. The third kappa shape index (κ3) is 2.27. The average molecular weight is 221 g/mol. The molecule has 0 fully saturated rings. The molecule has 0 aromatic carbocycles. The van der Waals surface area contributed by atoms with E-state index in [-0.39, 0.29) is 0 Å². The van der Waals surface area contributed by atoms with Gasteiger partial charge in [0.15, 0.2) is 5.82 Å². The molecule has 0 amide bonds. The van der Waals surface area contributed by atoms with E-state index in [1.807, 2.05) is 7.05 Å². The summed E-state index contributed by atoms with van der Waals surface area (Å²) in [7, 11) is 2.02. The number of imidazole rings is 1. The minimum Gasteiger partial charge on any atom is -0.342 e. The number of aromatic nitrogens is 4. The normalized spacial score (nSPS) is 11.6. The summed E-state index contributed by atoms with van der Waals surface area (Å²) in [6.07, 6.45) is 3.39. The largest absolute Gasteiger partial charge is 0.342 e. The van der Waals surface area contributed by atoms with E-state index in [1.54, 1.807) is 12.4 Å². The fourth-order valence-electron chi connectivity index (χ4n) is 1.20. The van der Waals surface area contributed by atoms with Gasteiger partial charge in [0.25, 0.3) is 0 Å². The Bertz CT molecular complexity index is 434. The molecule has 0 aliphatic heterocycles. The Kier molecular flexibility index (Phi) is 3.00. The second kappa shape index (κ2) is 4.44. The summed E-state index contributed by atoms with van der Waals surface area (Å²) in [6.45, 7) is 4.87. The van der Waals surface area contributed by atoms with E-state index in [2.05, 4.69) is 38.9 Å². The predicted octanol–water partition coefficient (Wildman–Crippen LogP) is 1.30. The third-order valence-electron chi connectivity index (χ3n) is 2.44. The maximum atomic E-state index is 5.15. The highest BCUT2D eigenvalue weighted by atomic mass is 16.5. The molecule has 0 atom stereocenters. The van der Waals surface area contributed by atoms with Crippen molar-refractivity contribution in [1.82, 2.24) is 25.0 Å². The number of nitrogens with zero attached hydrogens (tertiary/aromatic N) is 4. The van der Waals surface area contributed by atoms with Gasteiger partial charge < -0.3 is 9.51 Å². The van der Waals surface area contributed by atoms with Crippen molar-refractivity contribution in [3.8, 4) is 11.6 Å². The Balaban J connectivity index is 2.08. The first kappa shape index (κ1) is 10.8. The number of nitrogens with one attached hydrogen (secondary N) is 1. The number of H-pyrrole nitrogens is 1. The molecule has 0 saturated heterocycles. The van der Waals surface area contributed by atoms with Crippen LogP contribution in [-0.2, 0) is 6.54 Å². The van der Waals surface area contributed by atoms with Crippen LogP contribution in [0.5, 0.6) is 0 Å². The molecule has 6 heteroatoms. The van der Waals surface area contributed by atoms with E-state index in [1.165, 1.54) is 0 Å². The van der Waals surface area contributed by atoms with Crippen molar-refractivity contribution in [3.05, 3.63) is 18.3 Å². The molecular weight excluding hydrogens is 206 g/mol. The van der Waals surface area contributed by atoms with Crippen molar-refractivity contribution in [1.29, 1.82) is 0 Å². The first-order valence-electron chi connectivity index (χ1n) is 5.19.